The molecule has 0 aliphatic heterocycles. The quantitative estimate of drug-likeness (QED) is 0.733. The molecule has 7 heteroatoms. The van der Waals surface area contributed by atoms with Crippen molar-refractivity contribution in [3.63, 3.8) is 0 Å². The number of hydrogen-bond donors (Lipinski definition) is 1. The molecule has 0 aromatic heterocycles. The second kappa shape index (κ2) is 9.07. The van der Waals surface area contributed by atoms with E-state index < -0.39 is 10.0 Å². The number of aryl methyl sites for hydroxylation is 1. The molecule has 0 fully saturated rings. The van der Waals surface area contributed by atoms with Crippen molar-refractivity contribution in [2.75, 3.05) is 13.1 Å². The monoisotopic (exact) mass is 422 g/mol. The second-order valence-corrected chi connectivity index (χ2v) is 10.4. The molecule has 28 heavy (non-hydrogen) atoms. The molecule has 0 spiro atoms. The van der Waals surface area contributed by atoms with E-state index in [1.807, 2.05) is 52.0 Å². The molecule has 1 amide bonds. The maximum atomic E-state index is 13.2. The summed E-state index contributed by atoms with van der Waals surface area (Å²) in [6.07, 6.45) is 0. The van der Waals surface area contributed by atoms with Crippen LogP contribution in [0.2, 0.25) is 5.02 Å². The Hall–Kier alpha value is -1.89. The number of rotatable bonds is 7. The minimum atomic E-state index is -3.86. The van der Waals surface area contributed by atoms with Gasteiger partial charge in [-0.25, -0.2) is 8.42 Å². The topological polar surface area (TPSA) is 66.5 Å². The molecule has 0 saturated carbocycles. The van der Waals surface area contributed by atoms with E-state index in [1.54, 1.807) is 0 Å². The van der Waals surface area contributed by atoms with E-state index in [0.717, 1.165) is 11.1 Å². The highest BCUT2D eigenvalue weighted by molar-refractivity contribution is 7.89. The van der Waals surface area contributed by atoms with E-state index in [4.69, 9.17) is 11.6 Å². The molecular weight excluding hydrogens is 396 g/mol. The Kier molecular flexibility index (Phi) is 7.26. The fraction of sp³-hybridized carbons (Fsp3) is 0.381. The lowest BCUT2D eigenvalue weighted by atomic mass is 9.97. The Labute approximate surface area is 172 Å². The highest BCUT2D eigenvalue weighted by Gasteiger charge is 2.27. The zero-order valence-corrected chi connectivity index (χ0v) is 18.3. The second-order valence-electron chi connectivity index (χ2n) is 8.05. The number of sulfonamides is 1. The normalized spacial score (nSPS) is 12.2. The molecule has 2 aromatic carbocycles. The highest BCUT2D eigenvalue weighted by Crippen LogP contribution is 2.21. The summed E-state index contributed by atoms with van der Waals surface area (Å²) >= 11 is 5.88. The third kappa shape index (κ3) is 6.62. The van der Waals surface area contributed by atoms with Crippen molar-refractivity contribution < 1.29 is 13.2 Å². The van der Waals surface area contributed by atoms with E-state index in [-0.39, 0.29) is 29.3 Å². The van der Waals surface area contributed by atoms with Crippen LogP contribution in [0.15, 0.2) is 53.4 Å². The predicted octanol–water partition coefficient (Wildman–Crippen LogP) is 4.00. The molecule has 0 radical (unpaired) electrons. The van der Waals surface area contributed by atoms with Gasteiger partial charge >= 0.3 is 0 Å². The number of benzene rings is 2. The van der Waals surface area contributed by atoms with Gasteiger partial charge in [0.05, 0.1) is 11.4 Å². The molecule has 5 nitrogen and oxygen atoms in total. The maximum absolute atomic E-state index is 13.2. The molecule has 0 aliphatic rings. The van der Waals surface area contributed by atoms with Gasteiger partial charge in [-0.05, 0) is 42.2 Å². The number of nitrogens with one attached hydrogen (secondary N) is 1. The largest absolute Gasteiger partial charge is 0.354 e. The van der Waals surface area contributed by atoms with Gasteiger partial charge in [0.15, 0.2) is 0 Å². The standard InChI is InChI=1S/C21H27ClN2O3S/c1-16-6-5-7-17(12-16)13-24(14-20(25)23-15-21(2,3)4)28(26,27)19-10-8-18(22)9-11-19/h5-12H,13-15H2,1-4H3,(H,23,25). The zero-order chi connectivity index (χ0) is 20.9. The maximum Gasteiger partial charge on any atom is 0.243 e. The first-order chi connectivity index (χ1) is 13.0. The first-order valence-electron chi connectivity index (χ1n) is 9.05. The van der Waals surface area contributed by atoms with Gasteiger partial charge in [0.2, 0.25) is 15.9 Å². The van der Waals surface area contributed by atoms with Crippen molar-refractivity contribution in [2.24, 2.45) is 5.41 Å². The Morgan fingerprint density at radius 1 is 1.11 bits per heavy atom. The number of carbonyl (C=O) groups is 1. The van der Waals surface area contributed by atoms with Gasteiger partial charge in [-0.1, -0.05) is 62.2 Å². The summed E-state index contributed by atoms with van der Waals surface area (Å²) in [6.45, 7) is 8.26. The Morgan fingerprint density at radius 2 is 1.75 bits per heavy atom. The minimum Gasteiger partial charge on any atom is -0.354 e. The summed E-state index contributed by atoms with van der Waals surface area (Å²) in [5.41, 5.74) is 1.76. The highest BCUT2D eigenvalue weighted by atomic mass is 35.5. The Morgan fingerprint density at radius 3 is 2.32 bits per heavy atom. The van der Waals surface area contributed by atoms with Gasteiger partial charge in [-0.2, -0.15) is 4.31 Å². The van der Waals surface area contributed by atoms with Crippen LogP contribution < -0.4 is 5.32 Å². The van der Waals surface area contributed by atoms with Crippen LogP contribution >= 0.6 is 11.6 Å². The Bertz CT molecular complexity index is 919. The average molecular weight is 423 g/mol. The number of nitrogens with zero attached hydrogens (tertiary/aromatic N) is 1. The lowest BCUT2D eigenvalue weighted by Gasteiger charge is -2.24. The van der Waals surface area contributed by atoms with Crippen LogP contribution in [0.3, 0.4) is 0 Å². The number of carbonyl (C=O) groups excluding carboxylic acids is 1. The number of hydrogen-bond acceptors (Lipinski definition) is 3. The lowest BCUT2D eigenvalue weighted by molar-refractivity contribution is -0.121. The van der Waals surface area contributed by atoms with Crippen LogP contribution in [0, 0.1) is 12.3 Å². The molecule has 0 atom stereocenters. The summed E-state index contributed by atoms with van der Waals surface area (Å²) < 4.78 is 27.5. The van der Waals surface area contributed by atoms with E-state index in [9.17, 15) is 13.2 Å². The van der Waals surface area contributed by atoms with Gasteiger partial charge in [-0.15, -0.1) is 0 Å². The first-order valence-corrected chi connectivity index (χ1v) is 10.9. The van der Waals surface area contributed by atoms with Crippen LogP contribution in [-0.2, 0) is 21.4 Å². The summed E-state index contributed by atoms with van der Waals surface area (Å²) in [5, 5.41) is 3.27. The van der Waals surface area contributed by atoms with E-state index in [1.165, 1.54) is 28.6 Å². The predicted molar refractivity (Wildman–Crippen MR) is 113 cm³/mol. The van der Waals surface area contributed by atoms with Crippen LogP contribution in [-0.4, -0.2) is 31.7 Å². The molecule has 0 heterocycles. The van der Waals surface area contributed by atoms with Crippen molar-refractivity contribution in [3.05, 3.63) is 64.7 Å². The third-order valence-corrected chi connectivity index (χ3v) is 6.09. The van der Waals surface area contributed by atoms with Crippen molar-refractivity contribution in [3.8, 4) is 0 Å². The van der Waals surface area contributed by atoms with Crippen molar-refractivity contribution >= 4 is 27.5 Å². The van der Waals surface area contributed by atoms with Crippen LogP contribution in [0.1, 0.15) is 31.9 Å². The van der Waals surface area contributed by atoms with Gasteiger partial charge in [0.1, 0.15) is 0 Å². The molecule has 0 aliphatic carbocycles. The van der Waals surface area contributed by atoms with Gasteiger partial charge in [-0.3, -0.25) is 4.79 Å². The van der Waals surface area contributed by atoms with Crippen LogP contribution in [0.4, 0.5) is 0 Å². The zero-order valence-electron chi connectivity index (χ0n) is 16.7. The molecule has 2 rings (SSSR count). The van der Waals surface area contributed by atoms with Crippen LogP contribution in [0.5, 0.6) is 0 Å². The smallest absolute Gasteiger partial charge is 0.243 e. The van der Waals surface area contributed by atoms with E-state index >= 15 is 0 Å². The molecule has 1 N–H and O–H groups in total. The lowest BCUT2D eigenvalue weighted by Crippen LogP contribution is -2.42. The van der Waals surface area contributed by atoms with Crippen molar-refractivity contribution in [1.29, 1.82) is 0 Å². The molecule has 2 aromatic rings. The van der Waals surface area contributed by atoms with Crippen molar-refractivity contribution in [2.45, 2.75) is 39.1 Å². The van der Waals surface area contributed by atoms with Gasteiger partial charge in [0.25, 0.3) is 0 Å². The summed E-state index contributed by atoms with van der Waals surface area (Å²) in [6, 6.07) is 13.5. The first kappa shape index (κ1) is 22.4. The summed E-state index contributed by atoms with van der Waals surface area (Å²) in [4.78, 5) is 12.6. The fourth-order valence-electron chi connectivity index (χ4n) is 2.58. The fourth-order valence-corrected chi connectivity index (χ4v) is 4.09. The van der Waals surface area contributed by atoms with Gasteiger partial charge < -0.3 is 5.32 Å². The summed E-state index contributed by atoms with van der Waals surface area (Å²) in [7, 11) is -3.86. The minimum absolute atomic E-state index is 0.0912. The average Bonchev–Trinajstić information content (AvgIpc) is 2.59. The molecular formula is C21H27ClN2O3S. The van der Waals surface area contributed by atoms with Crippen molar-refractivity contribution in [1.82, 2.24) is 9.62 Å². The van der Waals surface area contributed by atoms with E-state index in [2.05, 4.69) is 5.32 Å². The van der Waals surface area contributed by atoms with E-state index in [0.29, 0.717) is 11.6 Å². The number of amides is 1. The molecule has 0 bridgehead atoms. The molecule has 0 unspecified atom stereocenters. The summed E-state index contributed by atoms with van der Waals surface area (Å²) in [5.74, 6) is -0.333. The molecule has 152 valence electrons. The third-order valence-electron chi connectivity index (χ3n) is 4.03. The van der Waals surface area contributed by atoms with Gasteiger partial charge in [0, 0.05) is 18.1 Å². The van der Waals surface area contributed by atoms with Crippen LogP contribution in [0.25, 0.3) is 0 Å². The number of halogens is 1. The molecule has 0 saturated heterocycles. The SMILES string of the molecule is Cc1cccc(CN(CC(=O)NCC(C)(C)C)S(=O)(=O)c2ccc(Cl)cc2)c1. The Balaban J connectivity index is 2.29.